The van der Waals surface area contributed by atoms with E-state index in [1.54, 1.807) is 0 Å². The van der Waals surface area contributed by atoms with Crippen molar-refractivity contribution >= 4 is 0 Å². The number of nitrogens with zero attached hydrogens (tertiary/aromatic N) is 1. The van der Waals surface area contributed by atoms with Gasteiger partial charge >= 0.3 is 0 Å². The highest BCUT2D eigenvalue weighted by atomic mass is 16.3. The molecule has 0 radical (unpaired) electrons. The third kappa shape index (κ3) is 5.68. The molecule has 1 saturated heterocycles. The number of aliphatic hydroxyl groups excluding tert-OH is 1. The van der Waals surface area contributed by atoms with Crippen LogP contribution in [0.2, 0.25) is 0 Å². The molecule has 1 aliphatic rings. The minimum absolute atomic E-state index is 0.253. The predicted octanol–water partition coefficient (Wildman–Crippen LogP) is 2.39. The Hall–Kier alpha value is -0.120. The fourth-order valence-corrected chi connectivity index (χ4v) is 3.01. The summed E-state index contributed by atoms with van der Waals surface area (Å²) in [5.41, 5.74) is 0. The van der Waals surface area contributed by atoms with E-state index >= 15 is 0 Å². The summed E-state index contributed by atoms with van der Waals surface area (Å²) >= 11 is 0. The van der Waals surface area contributed by atoms with Gasteiger partial charge in [-0.3, -0.25) is 0 Å². The van der Waals surface area contributed by atoms with E-state index in [-0.39, 0.29) is 12.6 Å². The molecule has 108 valence electrons. The van der Waals surface area contributed by atoms with E-state index in [1.807, 2.05) is 0 Å². The number of likely N-dealkylation sites (tertiary alicyclic amines) is 1. The van der Waals surface area contributed by atoms with E-state index in [0.29, 0.717) is 6.04 Å². The summed E-state index contributed by atoms with van der Waals surface area (Å²) in [6.07, 6.45) is 7.81. The lowest BCUT2D eigenvalue weighted by atomic mass is 10.1. The molecule has 18 heavy (non-hydrogen) atoms. The Morgan fingerprint density at radius 3 is 2.67 bits per heavy atom. The average molecular weight is 256 g/mol. The van der Waals surface area contributed by atoms with Crippen LogP contribution in [-0.4, -0.2) is 47.8 Å². The predicted molar refractivity (Wildman–Crippen MR) is 77.9 cm³/mol. The SMILES string of the molecule is CCC1CCCCCN1CCC(CO)NC(C)C. The molecule has 1 rings (SSSR count). The van der Waals surface area contributed by atoms with E-state index in [4.69, 9.17) is 0 Å². The molecule has 0 aromatic carbocycles. The quantitative estimate of drug-likeness (QED) is 0.734. The molecule has 0 amide bonds. The second-order valence-corrected chi connectivity index (χ2v) is 5.94. The first-order chi connectivity index (χ1) is 8.67. The monoisotopic (exact) mass is 256 g/mol. The molecule has 0 aromatic rings. The normalized spacial score (nSPS) is 24.2. The maximum Gasteiger partial charge on any atom is 0.0585 e. The fourth-order valence-electron chi connectivity index (χ4n) is 3.01. The van der Waals surface area contributed by atoms with E-state index < -0.39 is 0 Å². The molecule has 3 heteroatoms. The minimum Gasteiger partial charge on any atom is -0.395 e. The Morgan fingerprint density at radius 1 is 1.28 bits per heavy atom. The summed E-state index contributed by atoms with van der Waals surface area (Å²) in [4.78, 5) is 2.65. The Morgan fingerprint density at radius 2 is 2.06 bits per heavy atom. The molecule has 0 bridgehead atoms. The highest BCUT2D eigenvalue weighted by Crippen LogP contribution is 2.19. The van der Waals surface area contributed by atoms with Gasteiger partial charge in [0.2, 0.25) is 0 Å². The van der Waals surface area contributed by atoms with Gasteiger partial charge in [-0.15, -0.1) is 0 Å². The molecule has 0 saturated carbocycles. The van der Waals surface area contributed by atoms with Gasteiger partial charge in [-0.1, -0.05) is 33.6 Å². The van der Waals surface area contributed by atoms with Crippen LogP contribution < -0.4 is 5.32 Å². The van der Waals surface area contributed by atoms with Crippen molar-refractivity contribution in [2.45, 2.75) is 77.4 Å². The summed E-state index contributed by atoms with van der Waals surface area (Å²) in [6.45, 7) is 9.22. The van der Waals surface area contributed by atoms with Crippen LogP contribution in [0.4, 0.5) is 0 Å². The van der Waals surface area contributed by atoms with Crippen molar-refractivity contribution in [3.63, 3.8) is 0 Å². The van der Waals surface area contributed by atoms with Gasteiger partial charge in [-0.2, -0.15) is 0 Å². The van der Waals surface area contributed by atoms with Crippen LogP contribution in [0.25, 0.3) is 0 Å². The number of hydrogen-bond donors (Lipinski definition) is 2. The van der Waals surface area contributed by atoms with Gasteiger partial charge in [-0.25, -0.2) is 0 Å². The van der Waals surface area contributed by atoms with Crippen molar-refractivity contribution in [2.24, 2.45) is 0 Å². The standard InChI is InChI=1S/C15H32N2O/c1-4-15-8-6-5-7-10-17(15)11-9-14(12-18)16-13(2)3/h13-16,18H,4-12H2,1-3H3. The van der Waals surface area contributed by atoms with Crippen LogP contribution in [0.1, 0.15) is 59.3 Å². The van der Waals surface area contributed by atoms with Crippen molar-refractivity contribution in [2.75, 3.05) is 19.7 Å². The Balaban J connectivity index is 2.37. The van der Waals surface area contributed by atoms with Gasteiger partial charge in [0.1, 0.15) is 0 Å². The van der Waals surface area contributed by atoms with Gasteiger partial charge in [-0.05, 0) is 38.8 Å². The summed E-state index contributed by atoms with van der Waals surface area (Å²) < 4.78 is 0. The number of rotatable bonds is 7. The first-order valence-corrected chi connectivity index (χ1v) is 7.78. The smallest absolute Gasteiger partial charge is 0.0585 e. The van der Waals surface area contributed by atoms with Crippen molar-refractivity contribution in [3.05, 3.63) is 0 Å². The topological polar surface area (TPSA) is 35.5 Å². The minimum atomic E-state index is 0.253. The van der Waals surface area contributed by atoms with E-state index in [0.717, 1.165) is 19.0 Å². The number of hydrogen-bond acceptors (Lipinski definition) is 3. The van der Waals surface area contributed by atoms with E-state index in [2.05, 4.69) is 31.0 Å². The highest BCUT2D eigenvalue weighted by molar-refractivity contribution is 4.77. The number of aliphatic hydroxyl groups is 1. The zero-order valence-corrected chi connectivity index (χ0v) is 12.5. The van der Waals surface area contributed by atoms with Crippen LogP contribution in [0.5, 0.6) is 0 Å². The van der Waals surface area contributed by atoms with Crippen molar-refractivity contribution in [1.29, 1.82) is 0 Å². The van der Waals surface area contributed by atoms with Gasteiger partial charge in [0.15, 0.2) is 0 Å². The second-order valence-electron chi connectivity index (χ2n) is 5.94. The molecule has 0 spiro atoms. The molecule has 0 aliphatic carbocycles. The molecule has 3 nitrogen and oxygen atoms in total. The molecule has 1 heterocycles. The molecular formula is C15H32N2O. The molecular weight excluding hydrogens is 224 g/mol. The zero-order chi connectivity index (χ0) is 13.4. The Bertz CT molecular complexity index is 209. The van der Waals surface area contributed by atoms with Crippen LogP contribution in [0.3, 0.4) is 0 Å². The third-order valence-electron chi connectivity index (χ3n) is 4.02. The van der Waals surface area contributed by atoms with Gasteiger partial charge in [0.25, 0.3) is 0 Å². The largest absolute Gasteiger partial charge is 0.395 e. The summed E-state index contributed by atoms with van der Waals surface area (Å²) in [6, 6.07) is 1.48. The highest BCUT2D eigenvalue weighted by Gasteiger charge is 2.20. The molecule has 2 N–H and O–H groups in total. The maximum absolute atomic E-state index is 9.40. The lowest BCUT2D eigenvalue weighted by molar-refractivity contribution is 0.164. The lowest BCUT2D eigenvalue weighted by Gasteiger charge is -2.31. The first-order valence-electron chi connectivity index (χ1n) is 7.78. The maximum atomic E-state index is 9.40. The van der Waals surface area contributed by atoms with Crippen LogP contribution in [-0.2, 0) is 0 Å². The van der Waals surface area contributed by atoms with Gasteiger partial charge in [0.05, 0.1) is 6.61 Å². The molecule has 2 atom stereocenters. The molecule has 0 aromatic heterocycles. The Kier molecular flexibility index (Phi) is 7.87. The van der Waals surface area contributed by atoms with Gasteiger partial charge < -0.3 is 15.3 Å². The van der Waals surface area contributed by atoms with Gasteiger partial charge in [0, 0.05) is 18.1 Å². The molecule has 2 unspecified atom stereocenters. The zero-order valence-electron chi connectivity index (χ0n) is 12.5. The Labute approximate surface area is 113 Å². The van der Waals surface area contributed by atoms with E-state index in [9.17, 15) is 5.11 Å². The van der Waals surface area contributed by atoms with Crippen molar-refractivity contribution in [1.82, 2.24) is 10.2 Å². The summed E-state index contributed by atoms with van der Waals surface area (Å²) in [5.74, 6) is 0. The van der Waals surface area contributed by atoms with Crippen LogP contribution in [0, 0.1) is 0 Å². The fraction of sp³-hybridized carbons (Fsp3) is 1.00. The summed E-state index contributed by atoms with van der Waals surface area (Å²) in [7, 11) is 0. The van der Waals surface area contributed by atoms with Crippen molar-refractivity contribution < 1.29 is 5.11 Å². The van der Waals surface area contributed by atoms with Crippen LogP contribution in [0.15, 0.2) is 0 Å². The average Bonchev–Trinajstić information content (AvgIpc) is 2.58. The summed E-state index contributed by atoms with van der Waals surface area (Å²) in [5, 5.41) is 12.8. The first kappa shape index (κ1) is 15.9. The molecule has 1 aliphatic heterocycles. The third-order valence-corrected chi connectivity index (χ3v) is 4.02. The van der Waals surface area contributed by atoms with E-state index in [1.165, 1.54) is 38.6 Å². The molecule has 1 fully saturated rings. The van der Waals surface area contributed by atoms with Crippen molar-refractivity contribution in [3.8, 4) is 0 Å². The number of nitrogens with one attached hydrogen (secondary N) is 1. The van der Waals surface area contributed by atoms with Crippen LogP contribution >= 0.6 is 0 Å². The lowest BCUT2D eigenvalue weighted by Crippen LogP contribution is -2.42. The second kappa shape index (κ2) is 8.89.